The highest BCUT2D eigenvalue weighted by Gasteiger charge is 2.58. The second-order valence-corrected chi connectivity index (χ2v) is 6.44. The Balaban J connectivity index is 1.64. The van der Waals surface area contributed by atoms with Gasteiger partial charge in [0.1, 0.15) is 0 Å². The second-order valence-electron chi connectivity index (χ2n) is 5.60. The molecule has 1 saturated carbocycles. The van der Waals surface area contributed by atoms with Gasteiger partial charge in [-0.1, -0.05) is 25.2 Å². The van der Waals surface area contributed by atoms with Crippen LogP contribution in [0.25, 0.3) is 0 Å². The minimum absolute atomic E-state index is 0.0248. The molecule has 1 aliphatic carbocycles. The lowest BCUT2D eigenvalue weighted by Crippen LogP contribution is -2.65. The van der Waals surface area contributed by atoms with E-state index in [9.17, 15) is 4.79 Å². The summed E-state index contributed by atoms with van der Waals surface area (Å²) in [6.45, 7) is 6.16. The highest BCUT2D eigenvalue weighted by Crippen LogP contribution is 2.52. The van der Waals surface area contributed by atoms with Crippen molar-refractivity contribution >= 4 is 11.3 Å². The smallest absolute Gasteiger partial charge is 0.304 e. The van der Waals surface area contributed by atoms with E-state index in [0.29, 0.717) is 18.1 Å². The van der Waals surface area contributed by atoms with Crippen LogP contribution in [0.2, 0.25) is 0 Å². The molecule has 17 heavy (non-hydrogen) atoms. The van der Waals surface area contributed by atoms with Crippen molar-refractivity contribution < 1.29 is 4.74 Å². The maximum absolute atomic E-state index is 11.0. The lowest BCUT2D eigenvalue weighted by atomic mass is 9.57. The average Bonchev–Trinajstić information content (AvgIpc) is 2.86. The Morgan fingerprint density at radius 1 is 1.65 bits per heavy atom. The number of aromatic nitrogens is 1. The fourth-order valence-electron chi connectivity index (χ4n) is 3.36. The van der Waals surface area contributed by atoms with Gasteiger partial charge in [-0.3, -0.25) is 4.79 Å². The SMILES string of the molecule is CC1(C)C(NCc2csc(=O)[nH]2)C2CCOC21. The zero-order valence-corrected chi connectivity index (χ0v) is 11.0. The highest BCUT2D eigenvalue weighted by molar-refractivity contribution is 7.07. The normalized spacial score (nSPS) is 34.4. The van der Waals surface area contributed by atoms with Crippen LogP contribution in [-0.4, -0.2) is 23.7 Å². The molecule has 94 valence electrons. The van der Waals surface area contributed by atoms with Gasteiger partial charge in [-0.15, -0.1) is 0 Å². The Morgan fingerprint density at radius 3 is 3.18 bits per heavy atom. The van der Waals surface area contributed by atoms with E-state index in [1.165, 1.54) is 11.3 Å². The molecule has 0 radical (unpaired) electrons. The van der Waals surface area contributed by atoms with E-state index in [1.54, 1.807) is 0 Å². The molecule has 2 N–H and O–H groups in total. The Kier molecular flexibility index (Phi) is 2.65. The number of nitrogens with one attached hydrogen (secondary N) is 2. The minimum atomic E-state index is 0.0248. The van der Waals surface area contributed by atoms with Crippen molar-refractivity contribution in [3.63, 3.8) is 0 Å². The van der Waals surface area contributed by atoms with Crippen LogP contribution >= 0.6 is 11.3 Å². The first-order valence-corrected chi connectivity index (χ1v) is 6.98. The van der Waals surface area contributed by atoms with Crippen LogP contribution in [-0.2, 0) is 11.3 Å². The molecule has 1 aliphatic heterocycles. The molecule has 0 aromatic carbocycles. The molecule has 5 heteroatoms. The molecule has 1 saturated heterocycles. The van der Waals surface area contributed by atoms with Gasteiger partial charge in [-0.2, -0.15) is 0 Å². The first-order chi connectivity index (χ1) is 8.09. The number of aromatic amines is 1. The van der Waals surface area contributed by atoms with Crippen molar-refractivity contribution in [3.8, 4) is 0 Å². The summed E-state index contributed by atoms with van der Waals surface area (Å²) in [5.74, 6) is 0.648. The van der Waals surface area contributed by atoms with Gasteiger partial charge >= 0.3 is 4.87 Å². The summed E-state index contributed by atoms with van der Waals surface area (Å²) in [4.78, 5) is 13.9. The van der Waals surface area contributed by atoms with Crippen molar-refractivity contribution in [1.82, 2.24) is 10.3 Å². The molecule has 3 unspecified atom stereocenters. The lowest BCUT2D eigenvalue weighted by molar-refractivity contribution is -0.113. The molecule has 4 nitrogen and oxygen atoms in total. The van der Waals surface area contributed by atoms with Gasteiger partial charge in [-0.05, 0) is 6.42 Å². The van der Waals surface area contributed by atoms with Crippen LogP contribution in [0, 0.1) is 11.3 Å². The molecule has 2 fully saturated rings. The number of H-pyrrole nitrogens is 1. The van der Waals surface area contributed by atoms with Crippen molar-refractivity contribution in [3.05, 3.63) is 20.7 Å². The van der Waals surface area contributed by atoms with Crippen LogP contribution in [0.1, 0.15) is 26.0 Å². The summed E-state index contributed by atoms with van der Waals surface area (Å²) in [5.41, 5.74) is 1.19. The lowest BCUT2D eigenvalue weighted by Gasteiger charge is -2.54. The second kappa shape index (κ2) is 3.93. The first kappa shape index (κ1) is 11.4. The van der Waals surface area contributed by atoms with Crippen LogP contribution in [0.4, 0.5) is 0 Å². The van der Waals surface area contributed by atoms with Crippen molar-refractivity contribution in [2.24, 2.45) is 11.3 Å². The fourth-order valence-corrected chi connectivity index (χ4v) is 3.94. The average molecular weight is 254 g/mol. The van der Waals surface area contributed by atoms with E-state index in [0.717, 1.165) is 25.3 Å². The summed E-state index contributed by atoms with van der Waals surface area (Å²) >= 11 is 1.23. The van der Waals surface area contributed by atoms with E-state index in [4.69, 9.17) is 4.74 Å². The predicted octanol–water partition coefficient (Wildman–Crippen LogP) is 1.34. The zero-order valence-electron chi connectivity index (χ0n) is 10.2. The van der Waals surface area contributed by atoms with Gasteiger partial charge in [0.25, 0.3) is 0 Å². The zero-order chi connectivity index (χ0) is 12.0. The minimum Gasteiger partial charge on any atom is -0.377 e. The van der Waals surface area contributed by atoms with E-state index in [-0.39, 0.29) is 10.3 Å². The molecule has 1 aromatic heterocycles. The molecule has 2 heterocycles. The molecule has 1 aromatic rings. The third-order valence-corrected chi connectivity index (χ3v) is 4.90. The Labute approximate surface area is 104 Å². The third kappa shape index (κ3) is 1.77. The number of fused-ring (bicyclic) bond motifs is 1. The Bertz CT molecular complexity index is 465. The number of ether oxygens (including phenoxy) is 1. The topological polar surface area (TPSA) is 54.1 Å². The van der Waals surface area contributed by atoms with Gasteiger partial charge in [0.05, 0.1) is 6.10 Å². The van der Waals surface area contributed by atoms with Crippen LogP contribution in [0.3, 0.4) is 0 Å². The van der Waals surface area contributed by atoms with Gasteiger partial charge in [0.2, 0.25) is 0 Å². The summed E-state index contributed by atoms with van der Waals surface area (Å²) in [6.07, 6.45) is 1.58. The summed E-state index contributed by atoms with van der Waals surface area (Å²) in [5, 5.41) is 5.46. The van der Waals surface area contributed by atoms with Crippen molar-refractivity contribution in [2.45, 2.75) is 39.0 Å². The molecule has 3 rings (SSSR count). The molecule has 0 bridgehead atoms. The maximum Gasteiger partial charge on any atom is 0.304 e. The van der Waals surface area contributed by atoms with Crippen LogP contribution in [0.15, 0.2) is 10.2 Å². The first-order valence-electron chi connectivity index (χ1n) is 6.11. The van der Waals surface area contributed by atoms with Gasteiger partial charge in [-0.25, -0.2) is 0 Å². The van der Waals surface area contributed by atoms with E-state index in [1.807, 2.05) is 5.38 Å². The van der Waals surface area contributed by atoms with Crippen molar-refractivity contribution in [2.75, 3.05) is 6.61 Å². The summed E-state index contributed by atoms with van der Waals surface area (Å²) in [6, 6.07) is 0.499. The molecule has 2 aliphatic rings. The van der Waals surface area contributed by atoms with Gasteiger partial charge in [0, 0.05) is 41.6 Å². The highest BCUT2D eigenvalue weighted by atomic mass is 32.1. The van der Waals surface area contributed by atoms with Gasteiger partial charge < -0.3 is 15.0 Å². The predicted molar refractivity (Wildman–Crippen MR) is 67.2 cm³/mol. The molecular weight excluding hydrogens is 236 g/mol. The van der Waals surface area contributed by atoms with Crippen molar-refractivity contribution in [1.29, 1.82) is 0 Å². The quantitative estimate of drug-likeness (QED) is 0.856. The van der Waals surface area contributed by atoms with Gasteiger partial charge in [0.15, 0.2) is 0 Å². The third-order valence-electron chi connectivity index (χ3n) is 4.18. The molecule has 0 amide bonds. The molecule has 0 spiro atoms. The Morgan fingerprint density at radius 2 is 2.47 bits per heavy atom. The number of rotatable bonds is 3. The van der Waals surface area contributed by atoms with Crippen LogP contribution in [0.5, 0.6) is 0 Å². The monoisotopic (exact) mass is 254 g/mol. The number of thiazole rings is 1. The van der Waals surface area contributed by atoms with E-state index in [2.05, 4.69) is 24.1 Å². The van der Waals surface area contributed by atoms with E-state index < -0.39 is 0 Å². The van der Waals surface area contributed by atoms with Crippen LogP contribution < -0.4 is 10.2 Å². The maximum atomic E-state index is 11.0. The summed E-state index contributed by atoms with van der Waals surface area (Å²) in [7, 11) is 0. The largest absolute Gasteiger partial charge is 0.377 e. The standard InChI is InChI=1S/C12H18N2O2S/c1-12(2)9(8-3-4-16-10(8)12)13-5-7-6-17-11(15)14-7/h6,8-10,13H,3-5H2,1-2H3,(H,14,15). The molecule has 3 atom stereocenters. The molecular formula is C12H18N2O2S. The number of hydrogen-bond donors (Lipinski definition) is 2. The van der Waals surface area contributed by atoms with E-state index >= 15 is 0 Å². The number of hydrogen-bond acceptors (Lipinski definition) is 4. The Hall–Kier alpha value is -0.650. The summed E-state index contributed by atoms with van der Waals surface area (Å²) < 4.78 is 5.76. The fraction of sp³-hybridized carbons (Fsp3) is 0.750.